The number of amides is 2. The van der Waals surface area contributed by atoms with Gasteiger partial charge in [-0.25, -0.2) is 4.98 Å². The van der Waals surface area contributed by atoms with Crippen LogP contribution in [0.1, 0.15) is 29.0 Å². The van der Waals surface area contributed by atoms with Crippen molar-refractivity contribution in [2.45, 2.75) is 39.2 Å². The molecule has 29 heavy (non-hydrogen) atoms. The Kier molecular flexibility index (Phi) is 7.22. The maximum Gasteiger partial charge on any atom is 0.245 e. The summed E-state index contributed by atoms with van der Waals surface area (Å²) < 4.78 is 10.8. The molecule has 1 aromatic heterocycles. The molecule has 2 amide bonds. The molecular weight excluding hydrogens is 390 g/mol. The average Bonchev–Trinajstić information content (AvgIpc) is 3.31. The van der Waals surface area contributed by atoms with Gasteiger partial charge in [0.2, 0.25) is 11.8 Å². The minimum atomic E-state index is -0.250. The van der Waals surface area contributed by atoms with E-state index in [0.29, 0.717) is 18.3 Å². The minimum absolute atomic E-state index is 0.0213. The fourth-order valence-electron chi connectivity index (χ4n) is 3.18. The van der Waals surface area contributed by atoms with Gasteiger partial charge in [-0.15, -0.1) is 11.3 Å². The monoisotopic (exact) mass is 417 g/mol. The highest BCUT2D eigenvalue weighted by Crippen LogP contribution is 2.21. The zero-order valence-electron chi connectivity index (χ0n) is 17.1. The molecule has 0 radical (unpaired) electrons. The highest BCUT2D eigenvalue weighted by atomic mass is 32.1. The number of nitrogens with zero attached hydrogens (tertiary/aromatic N) is 2. The number of hydrogen-bond donors (Lipinski definition) is 1. The summed E-state index contributed by atoms with van der Waals surface area (Å²) in [5.41, 5.74) is 1.77. The van der Waals surface area contributed by atoms with Crippen molar-refractivity contribution < 1.29 is 19.1 Å². The summed E-state index contributed by atoms with van der Waals surface area (Å²) in [7, 11) is 1.60. The van der Waals surface area contributed by atoms with E-state index in [-0.39, 0.29) is 30.9 Å². The van der Waals surface area contributed by atoms with E-state index in [1.54, 1.807) is 12.0 Å². The molecule has 1 aromatic carbocycles. The van der Waals surface area contributed by atoms with Gasteiger partial charge in [-0.3, -0.25) is 9.59 Å². The number of rotatable bonds is 8. The molecule has 0 bridgehead atoms. The molecule has 0 aliphatic carbocycles. The average molecular weight is 418 g/mol. The third kappa shape index (κ3) is 6.01. The van der Waals surface area contributed by atoms with E-state index in [1.165, 1.54) is 11.3 Å². The van der Waals surface area contributed by atoms with E-state index < -0.39 is 0 Å². The third-order valence-corrected chi connectivity index (χ3v) is 5.91. The van der Waals surface area contributed by atoms with Crippen LogP contribution in [-0.2, 0) is 20.7 Å². The Morgan fingerprint density at radius 2 is 2.07 bits per heavy atom. The SMILES string of the molecule is COc1ccc(CC(=O)N(CC(=O)Nc2nc(C)c(C)s2)CC2CCCO2)cc1. The van der Waals surface area contributed by atoms with Crippen molar-refractivity contribution in [2.75, 3.05) is 32.1 Å². The van der Waals surface area contributed by atoms with E-state index >= 15 is 0 Å². The van der Waals surface area contributed by atoms with Crippen LogP contribution in [0.25, 0.3) is 0 Å². The fraction of sp³-hybridized carbons (Fsp3) is 0.476. The lowest BCUT2D eigenvalue weighted by Crippen LogP contribution is -2.43. The predicted octanol–water partition coefficient (Wildman–Crippen LogP) is 2.96. The second-order valence-corrected chi connectivity index (χ2v) is 8.35. The van der Waals surface area contributed by atoms with Crippen LogP contribution >= 0.6 is 11.3 Å². The van der Waals surface area contributed by atoms with E-state index in [2.05, 4.69) is 10.3 Å². The molecule has 8 heteroatoms. The molecular formula is C21H27N3O4S. The Morgan fingerprint density at radius 1 is 1.31 bits per heavy atom. The standard InChI is InChI=1S/C21H27N3O4S/c1-14-15(2)29-21(22-14)23-19(25)13-24(12-18-5-4-10-28-18)20(26)11-16-6-8-17(27-3)9-7-16/h6-9,18H,4-5,10-13H2,1-3H3,(H,22,23,25). The Hall–Kier alpha value is -2.45. The minimum Gasteiger partial charge on any atom is -0.497 e. The molecule has 1 saturated heterocycles. The molecule has 0 spiro atoms. The molecule has 156 valence electrons. The van der Waals surface area contributed by atoms with Gasteiger partial charge >= 0.3 is 0 Å². The van der Waals surface area contributed by atoms with E-state index in [9.17, 15) is 9.59 Å². The molecule has 1 aliphatic rings. The van der Waals surface area contributed by atoms with Gasteiger partial charge in [0, 0.05) is 18.0 Å². The summed E-state index contributed by atoms with van der Waals surface area (Å²) in [6.45, 7) is 4.97. The number of aromatic nitrogens is 1. The molecule has 1 unspecified atom stereocenters. The molecule has 7 nitrogen and oxygen atoms in total. The van der Waals surface area contributed by atoms with Crippen LogP contribution in [0.5, 0.6) is 5.75 Å². The van der Waals surface area contributed by atoms with Crippen LogP contribution in [0.15, 0.2) is 24.3 Å². The van der Waals surface area contributed by atoms with Gasteiger partial charge in [-0.1, -0.05) is 12.1 Å². The number of anilines is 1. The molecule has 3 rings (SSSR count). The first-order chi connectivity index (χ1) is 13.9. The zero-order chi connectivity index (χ0) is 20.8. The first kappa shape index (κ1) is 21.3. The van der Waals surface area contributed by atoms with Crippen molar-refractivity contribution in [3.63, 3.8) is 0 Å². The highest BCUT2D eigenvalue weighted by Gasteiger charge is 2.25. The van der Waals surface area contributed by atoms with E-state index in [1.807, 2.05) is 38.1 Å². The maximum absolute atomic E-state index is 12.9. The summed E-state index contributed by atoms with van der Waals surface area (Å²) in [5.74, 6) is 0.387. The summed E-state index contributed by atoms with van der Waals surface area (Å²) in [6, 6.07) is 7.38. The van der Waals surface area contributed by atoms with Crippen LogP contribution in [0, 0.1) is 13.8 Å². The van der Waals surface area contributed by atoms with E-state index in [4.69, 9.17) is 9.47 Å². The first-order valence-electron chi connectivity index (χ1n) is 9.71. The molecule has 1 fully saturated rings. The lowest BCUT2D eigenvalue weighted by atomic mass is 10.1. The number of ether oxygens (including phenoxy) is 2. The molecule has 2 heterocycles. The second kappa shape index (κ2) is 9.84. The van der Waals surface area contributed by atoms with Crippen molar-refractivity contribution in [3.05, 3.63) is 40.4 Å². The normalized spacial score (nSPS) is 15.9. The summed E-state index contributed by atoms with van der Waals surface area (Å²) >= 11 is 1.43. The van der Waals surface area contributed by atoms with Gasteiger partial charge in [0.05, 0.1) is 25.3 Å². The number of carbonyl (C=O) groups is 2. The van der Waals surface area contributed by atoms with Crippen molar-refractivity contribution >= 4 is 28.3 Å². The number of nitrogens with one attached hydrogen (secondary N) is 1. The topological polar surface area (TPSA) is 80.8 Å². The van der Waals surface area contributed by atoms with Crippen molar-refractivity contribution in [1.29, 1.82) is 0 Å². The number of hydrogen-bond acceptors (Lipinski definition) is 6. The fourth-order valence-corrected chi connectivity index (χ4v) is 4.01. The van der Waals surface area contributed by atoms with Crippen molar-refractivity contribution in [2.24, 2.45) is 0 Å². The van der Waals surface area contributed by atoms with Crippen LogP contribution in [-0.4, -0.2) is 54.6 Å². The van der Waals surface area contributed by atoms with Crippen LogP contribution in [0.3, 0.4) is 0 Å². The summed E-state index contributed by atoms with van der Waals surface area (Å²) in [4.78, 5) is 32.5. The number of methoxy groups -OCH3 is 1. The van der Waals surface area contributed by atoms with Gasteiger partial charge in [-0.05, 0) is 44.4 Å². The predicted molar refractivity (Wildman–Crippen MR) is 112 cm³/mol. The number of thiazole rings is 1. The molecule has 1 atom stereocenters. The van der Waals surface area contributed by atoms with Crippen LogP contribution in [0.4, 0.5) is 5.13 Å². The number of aryl methyl sites for hydroxylation is 2. The van der Waals surface area contributed by atoms with Crippen molar-refractivity contribution in [1.82, 2.24) is 9.88 Å². The Labute approximate surface area is 175 Å². The molecule has 1 N–H and O–H groups in total. The lowest BCUT2D eigenvalue weighted by molar-refractivity contribution is -0.135. The molecule has 1 aliphatic heterocycles. The Morgan fingerprint density at radius 3 is 2.66 bits per heavy atom. The number of benzene rings is 1. The van der Waals surface area contributed by atoms with Gasteiger partial charge in [0.1, 0.15) is 12.3 Å². The van der Waals surface area contributed by atoms with Gasteiger partial charge in [-0.2, -0.15) is 0 Å². The first-order valence-corrected chi connectivity index (χ1v) is 10.5. The van der Waals surface area contributed by atoms with E-state index in [0.717, 1.165) is 34.7 Å². The van der Waals surface area contributed by atoms with Gasteiger partial charge in [0.25, 0.3) is 0 Å². The van der Waals surface area contributed by atoms with Crippen LogP contribution < -0.4 is 10.1 Å². The highest BCUT2D eigenvalue weighted by molar-refractivity contribution is 7.15. The second-order valence-electron chi connectivity index (χ2n) is 7.14. The van der Waals surface area contributed by atoms with Gasteiger partial charge in [0.15, 0.2) is 5.13 Å². The molecule has 0 saturated carbocycles. The summed E-state index contributed by atoms with van der Waals surface area (Å²) in [6.07, 6.45) is 2.08. The van der Waals surface area contributed by atoms with Gasteiger partial charge < -0.3 is 19.7 Å². The Bertz CT molecular complexity index is 825. The van der Waals surface area contributed by atoms with Crippen LogP contribution in [0.2, 0.25) is 0 Å². The smallest absolute Gasteiger partial charge is 0.245 e. The zero-order valence-corrected chi connectivity index (χ0v) is 17.9. The Balaban J connectivity index is 1.65. The molecule has 2 aromatic rings. The lowest BCUT2D eigenvalue weighted by Gasteiger charge is -2.25. The quantitative estimate of drug-likeness (QED) is 0.714. The summed E-state index contributed by atoms with van der Waals surface area (Å²) in [5, 5.41) is 3.37. The largest absolute Gasteiger partial charge is 0.497 e. The third-order valence-electron chi connectivity index (χ3n) is 4.92. The number of carbonyl (C=O) groups excluding carboxylic acids is 2. The maximum atomic E-state index is 12.9. The van der Waals surface area contributed by atoms with Crippen molar-refractivity contribution in [3.8, 4) is 5.75 Å².